The minimum Gasteiger partial charge on any atom is -0.506 e. The summed E-state index contributed by atoms with van der Waals surface area (Å²) in [5, 5.41) is 9.12. The number of hydrogen-bond acceptors (Lipinski definition) is 2. The van der Waals surface area contributed by atoms with Crippen molar-refractivity contribution in [3.8, 4) is 5.75 Å². The van der Waals surface area contributed by atoms with E-state index in [2.05, 4.69) is 20.9 Å². The Morgan fingerprint density at radius 1 is 1.54 bits per heavy atom. The van der Waals surface area contributed by atoms with E-state index >= 15 is 0 Å². The van der Waals surface area contributed by atoms with Gasteiger partial charge in [-0.25, -0.2) is 18.2 Å². The standard InChI is InChI=1S/C7H5BrF3NO/c8-2-4-5(13)1-3(9)6(12-4)7(10)11/h1,7,13H,2H2. The van der Waals surface area contributed by atoms with Crippen molar-refractivity contribution in [1.82, 2.24) is 4.98 Å². The maximum Gasteiger partial charge on any atom is 0.283 e. The van der Waals surface area contributed by atoms with Crippen LogP contribution in [0.3, 0.4) is 0 Å². The predicted octanol–water partition coefficient (Wildman–Crippen LogP) is 2.76. The molecule has 0 aromatic carbocycles. The molecule has 0 saturated heterocycles. The van der Waals surface area contributed by atoms with E-state index in [1.165, 1.54) is 0 Å². The van der Waals surface area contributed by atoms with Crippen molar-refractivity contribution in [2.24, 2.45) is 0 Å². The van der Waals surface area contributed by atoms with Crippen LogP contribution in [0, 0.1) is 5.82 Å². The molecule has 1 rings (SSSR count). The number of rotatable bonds is 2. The fraction of sp³-hybridized carbons (Fsp3) is 0.286. The van der Waals surface area contributed by atoms with Crippen LogP contribution in [-0.4, -0.2) is 10.1 Å². The van der Waals surface area contributed by atoms with E-state index in [-0.39, 0.29) is 11.0 Å². The number of alkyl halides is 3. The van der Waals surface area contributed by atoms with Gasteiger partial charge in [-0.2, -0.15) is 0 Å². The van der Waals surface area contributed by atoms with Crippen LogP contribution in [0.15, 0.2) is 6.07 Å². The van der Waals surface area contributed by atoms with Gasteiger partial charge in [0, 0.05) is 11.4 Å². The summed E-state index contributed by atoms with van der Waals surface area (Å²) >= 11 is 2.93. The van der Waals surface area contributed by atoms with Crippen LogP contribution in [0.5, 0.6) is 5.75 Å². The largest absolute Gasteiger partial charge is 0.506 e. The van der Waals surface area contributed by atoms with E-state index in [1.54, 1.807) is 0 Å². The van der Waals surface area contributed by atoms with Gasteiger partial charge in [0.25, 0.3) is 6.43 Å². The summed E-state index contributed by atoms with van der Waals surface area (Å²) in [7, 11) is 0. The predicted molar refractivity (Wildman–Crippen MR) is 43.4 cm³/mol. The summed E-state index contributed by atoms with van der Waals surface area (Å²) in [4.78, 5) is 3.27. The molecule has 72 valence electrons. The van der Waals surface area contributed by atoms with Crippen LogP contribution in [0.2, 0.25) is 0 Å². The molecule has 0 atom stereocenters. The van der Waals surface area contributed by atoms with Crippen LogP contribution in [-0.2, 0) is 5.33 Å². The molecule has 1 aromatic heterocycles. The van der Waals surface area contributed by atoms with E-state index in [9.17, 15) is 13.2 Å². The van der Waals surface area contributed by atoms with Crippen LogP contribution in [0.1, 0.15) is 17.8 Å². The molecular weight excluding hydrogens is 251 g/mol. The number of halogens is 4. The fourth-order valence-electron chi connectivity index (χ4n) is 0.785. The Balaban J connectivity index is 3.22. The Morgan fingerprint density at radius 2 is 2.15 bits per heavy atom. The Bertz CT molecular complexity index is 319. The molecule has 0 aliphatic carbocycles. The molecule has 0 amide bonds. The minimum absolute atomic E-state index is 0.00306. The number of nitrogens with zero attached hydrogens (tertiary/aromatic N) is 1. The van der Waals surface area contributed by atoms with Crippen molar-refractivity contribution < 1.29 is 18.3 Å². The minimum atomic E-state index is -2.97. The lowest BCUT2D eigenvalue weighted by atomic mass is 10.3. The van der Waals surface area contributed by atoms with Gasteiger partial charge in [0.15, 0.2) is 5.82 Å². The summed E-state index contributed by atoms with van der Waals surface area (Å²) in [5.74, 6) is -1.63. The first-order valence-electron chi connectivity index (χ1n) is 3.28. The zero-order valence-electron chi connectivity index (χ0n) is 6.27. The van der Waals surface area contributed by atoms with Crippen LogP contribution >= 0.6 is 15.9 Å². The van der Waals surface area contributed by atoms with E-state index in [0.29, 0.717) is 6.07 Å². The smallest absolute Gasteiger partial charge is 0.283 e. The highest BCUT2D eigenvalue weighted by Gasteiger charge is 2.18. The molecule has 0 aliphatic heterocycles. The summed E-state index contributed by atoms with van der Waals surface area (Å²) in [6.07, 6.45) is -2.97. The molecule has 2 nitrogen and oxygen atoms in total. The maximum absolute atomic E-state index is 12.7. The van der Waals surface area contributed by atoms with Crippen molar-refractivity contribution in [2.75, 3.05) is 0 Å². The number of aromatic hydroxyl groups is 1. The van der Waals surface area contributed by atoms with Crippen LogP contribution in [0.25, 0.3) is 0 Å². The summed E-state index contributed by atoms with van der Waals surface area (Å²) in [5.41, 5.74) is -0.941. The molecule has 1 heterocycles. The lowest BCUT2D eigenvalue weighted by molar-refractivity contribution is 0.140. The van der Waals surface area contributed by atoms with Gasteiger partial charge in [-0.3, -0.25) is 0 Å². The van der Waals surface area contributed by atoms with Gasteiger partial charge >= 0.3 is 0 Å². The average molecular weight is 256 g/mol. The van der Waals surface area contributed by atoms with Gasteiger partial charge in [0.1, 0.15) is 11.4 Å². The maximum atomic E-state index is 12.7. The second kappa shape index (κ2) is 3.95. The highest BCUT2D eigenvalue weighted by molar-refractivity contribution is 9.08. The quantitative estimate of drug-likeness (QED) is 0.825. The number of aromatic nitrogens is 1. The first-order chi connectivity index (χ1) is 6.06. The van der Waals surface area contributed by atoms with Crippen LogP contribution < -0.4 is 0 Å². The molecule has 0 bridgehead atoms. The Labute approximate surface area is 80.5 Å². The van der Waals surface area contributed by atoms with Crippen LogP contribution in [0.4, 0.5) is 13.2 Å². The first-order valence-corrected chi connectivity index (χ1v) is 4.40. The first kappa shape index (κ1) is 10.3. The van der Waals surface area contributed by atoms with E-state index in [4.69, 9.17) is 5.11 Å². The highest BCUT2D eigenvalue weighted by Crippen LogP contribution is 2.26. The molecule has 0 aliphatic rings. The third kappa shape index (κ3) is 2.12. The molecule has 0 spiro atoms. The van der Waals surface area contributed by atoms with Crippen molar-refractivity contribution in [1.29, 1.82) is 0 Å². The SMILES string of the molecule is Oc1cc(F)c(C(F)F)nc1CBr. The molecule has 6 heteroatoms. The fourth-order valence-corrected chi connectivity index (χ4v) is 1.20. The van der Waals surface area contributed by atoms with Gasteiger partial charge < -0.3 is 5.11 Å². The van der Waals surface area contributed by atoms with Gasteiger partial charge in [-0.05, 0) is 0 Å². The third-order valence-corrected chi connectivity index (χ3v) is 1.92. The van der Waals surface area contributed by atoms with Crippen molar-refractivity contribution in [3.63, 3.8) is 0 Å². The van der Waals surface area contributed by atoms with Gasteiger partial charge in [-0.1, -0.05) is 15.9 Å². The molecule has 13 heavy (non-hydrogen) atoms. The van der Waals surface area contributed by atoms with Crippen molar-refractivity contribution in [3.05, 3.63) is 23.3 Å². The summed E-state index contributed by atoms with van der Waals surface area (Å²) in [6.45, 7) is 0. The summed E-state index contributed by atoms with van der Waals surface area (Å²) < 4.78 is 36.9. The average Bonchev–Trinajstić information content (AvgIpc) is 2.03. The Morgan fingerprint density at radius 3 is 2.62 bits per heavy atom. The van der Waals surface area contributed by atoms with Crippen molar-refractivity contribution >= 4 is 15.9 Å². The lowest BCUT2D eigenvalue weighted by Gasteiger charge is -2.04. The van der Waals surface area contributed by atoms with Crippen molar-refractivity contribution in [2.45, 2.75) is 11.8 Å². The van der Waals surface area contributed by atoms with Gasteiger partial charge in [-0.15, -0.1) is 0 Å². The molecule has 0 unspecified atom stereocenters. The second-order valence-corrected chi connectivity index (χ2v) is 2.82. The topological polar surface area (TPSA) is 33.1 Å². The highest BCUT2D eigenvalue weighted by atomic mass is 79.9. The monoisotopic (exact) mass is 255 g/mol. The molecule has 0 radical (unpaired) electrons. The molecular formula is C7H5BrF3NO. The zero-order valence-corrected chi connectivity index (χ0v) is 7.85. The van der Waals surface area contributed by atoms with Gasteiger partial charge in [0.05, 0.1) is 5.69 Å². The normalized spacial score (nSPS) is 10.8. The molecule has 1 aromatic rings. The van der Waals surface area contributed by atoms with Gasteiger partial charge in [0.2, 0.25) is 0 Å². The van der Waals surface area contributed by atoms with E-state index < -0.39 is 23.7 Å². The van der Waals surface area contributed by atoms with E-state index in [1.807, 2.05) is 0 Å². The van der Waals surface area contributed by atoms with E-state index in [0.717, 1.165) is 0 Å². The Hall–Kier alpha value is -0.780. The number of pyridine rings is 1. The molecule has 1 N–H and O–H groups in total. The summed E-state index contributed by atoms with van der Waals surface area (Å²) in [6, 6.07) is 0.630. The number of hydrogen-bond donors (Lipinski definition) is 1. The third-order valence-electron chi connectivity index (χ3n) is 1.39. The lowest BCUT2D eigenvalue weighted by Crippen LogP contribution is -1.99. The molecule has 0 fully saturated rings. The zero-order chi connectivity index (χ0) is 10.0. The Kier molecular flexibility index (Phi) is 3.13. The molecule has 0 saturated carbocycles. The second-order valence-electron chi connectivity index (χ2n) is 2.26.